The van der Waals surface area contributed by atoms with Gasteiger partial charge >= 0.3 is 0 Å². The molecule has 0 N–H and O–H groups in total. The van der Waals surface area contributed by atoms with Crippen molar-refractivity contribution in [1.82, 2.24) is 0 Å². The van der Waals surface area contributed by atoms with Gasteiger partial charge in [0.1, 0.15) is 17.6 Å². The molecule has 0 bridgehead atoms. The molecule has 0 atom stereocenters. The third-order valence-corrected chi connectivity index (χ3v) is 2.55. The minimum absolute atomic E-state index is 0.0528. The molecule has 0 radical (unpaired) electrons. The van der Waals surface area contributed by atoms with Crippen LogP contribution in [0.1, 0.15) is 18.9 Å². The molecule has 16 heavy (non-hydrogen) atoms. The Labute approximate surface area is 104 Å². The van der Waals surface area contributed by atoms with Crippen molar-refractivity contribution < 1.29 is 9.47 Å². The standard InChI is InChI=1S/C12H14BrNO2/c1-2-6-15-11-4-3-10(9-13)12(8-11)16-7-5-14/h3-4,8H,2,6-7,9H2,1H3. The normalized spacial score (nSPS) is 9.56. The smallest absolute Gasteiger partial charge is 0.174 e. The average Bonchev–Trinajstić information content (AvgIpc) is 2.33. The summed E-state index contributed by atoms with van der Waals surface area (Å²) in [6.07, 6.45) is 0.967. The molecule has 0 aliphatic heterocycles. The van der Waals surface area contributed by atoms with E-state index in [1.807, 2.05) is 24.3 Å². The maximum atomic E-state index is 8.48. The average molecular weight is 284 g/mol. The van der Waals surface area contributed by atoms with Crippen LogP contribution in [0.2, 0.25) is 0 Å². The van der Waals surface area contributed by atoms with Crippen molar-refractivity contribution in [3.05, 3.63) is 23.8 Å². The third kappa shape index (κ3) is 3.74. The zero-order valence-corrected chi connectivity index (χ0v) is 10.8. The summed E-state index contributed by atoms with van der Waals surface area (Å²) in [7, 11) is 0. The lowest BCUT2D eigenvalue weighted by molar-refractivity contribution is 0.312. The van der Waals surface area contributed by atoms with Gasteiger partial charge in [0.15, 0.2) is 6.61 Å². The second kappa shape index (κ2) is 7.13. The lowest BCUT2D eigenvalue weighted by atomic mass is 10.2. The molecule has 4 heteroatoms. The summed E-state index contributed by atoms with van der Waals surface area (Å²) < 4.78 is 10.8. The first-order valence-electron chi connectivity index (χ1n) is 5.13. The fourth-order valence-electron chi connectivity index (χ4n) is 1.20. The fourth-order valence-corrected chi connectivity index (χ4v) is 1.66. The van der Waals surface area contributed by atoms with E-state index < -0.39 is 0 Å². The van der Waals surface area contributed by atoms with Gasteiger partial charge in [-0.1, -0.05) is 28.9 Å². The Hall–Kier alpha value is -1.21. The van der Waals surface area contributed by atoms with Crippen LogP contribution in [-0.4, -0.2) is 13.2 Å². The van der Waals surface area contributed by atoms with Crippen molar-refractivity contribution in [2.45, 2.75) is 18.7 Å². The van der Waals surface area contributed by atoms with Crippen LogP contribution in [0.3, 0.4) is 0 Å². The SMILES string of the molecule is CCCOc1ccc(CBr)c(OCC#N)c1. The van der Waals surface area contributed by atoms with E-state index in [9.17, 15) is 0 Å². The number of nitriles is 1. The highest BCUT2D eigenvalue weighted by Gasteiger charge is 2.04. The van der Waals surface area contributed by atoms with E-state index in [2.05, 4.69) is 22.9 Å². The van der Waals surface area contributed by atoms with E-state index in [0.29, 0.717) is 17.7 Å². The highest BCUT2D eigenvalue weighted by Crippen LogP contribution is 2.26. The monoisotopic (exact) mass is 283 g/mol. The van der Waals surface area contributed by atoms with Crippen molar-refractivity contribution in [1.29, 1.82) is 5.26 Å². The summed E-state index contributed by atoms with van der Waals surface area (Å²) in [5.41, 5.74) is 1.01. The van der Waals surface area contributed by atoms with E-state index in [1.54, 1.807) is 0 Å². The molecular formula is C12H14BrNO2. The fraction of sp³-hybridized carbons (Fsp3) is 0.417. The van der Waals surface area contributed by atoms with Crippen molar-refractivity contribution in [3.8, 4) is 17.6 Å². The van der Waals surface area contributed by atoms with E-state index in [1.165, 1.54) is 0 Å². The number of rotatable bonds is 6. The van der Waals surface area contributed by atoms with E-state index >= 15 is 0 Å². The number of hydrogen-bond acceptors (Lipinski definition) is 3. The summed E-state index contributed by atoms with van der Waals surface area (Å²) in [5, 5.41) is 9.18. The number of hydrogen-bond donors (Lipinski definition) is 0. The van der Waals surface area contributed by atoms with Gasteiger partial charge in [0.25, 0.3) is 0 Å². The van der Waals surface area contributed by atoms with Crippen molar-refractivity contribution in [2.24, 2.45) is 0 Å². The maximum Gasteiger partial charge on any atom is 0.174 e. The first-order valence-corrected chi connectivity index (χ1v) is 6.25. The molecule has 0 saturated heterocycles. The molecule has 1 rings (SSSR count). The Morgan fingerprint density at radius 2 is 2.19 bits per heavy atom. The molecule has 0 aromatic heterocycles. The molecule has 1 aromatic rings. The molecule has 0 amide bonds. The van der Waals surface area contributed by atoms with E-state index in [-0.39, 0.29) is 6.61 Å². The van der Waals surface area contributed by atoms with Gasteiger partial charge in [-0.05, 0) is 12.5 Å². The van der Waals surface area contributed by atoms with Gasteiger partial charge in [0.05, 0.1) is 6.61 Å². The Kier molecular flexibility index (Phi) is 5.73. The Balaban J connectivity index is 2.79. The Morgan fingerprint density at radius 1 is 1.38 bits per heavy atom. The molecule has 0 heterocycles. The molecule has 0 fully saturated rings. The number of ether oxygens (including phenoxy) is 2. The quantitative estimate of drug-likeness (QED) is 0.753. The van der Waals surface area contributed by atoms with Crippen LogP contribution in [0.15, 0.2) is 18.2 Å². The topological polar surface area (TPSA) is 42.2 Å². The molecule has 0 aliphatic carbocycles. The second-order valence-corrected chi connectivity index (χ2v) is 3.76. The molecule has 0 spiro atoms. The number of halogens is 1. The largest absolute Gasteiger partial charge is 0.493 e. The second-order valence-electron chi connectivity index (χ2n) is 3.20. The summed E-state index contributed by atoms with van der Waals surface area (Å²) >= 11 is 3.37. The lowest BCUT2D eigenvalue weighted by Gasteiger charge is -2.10. The zero-order valence-electron chi connectivity index (χ0n) is 9.20. The molecule has 0 aliphatic rings. The van der Waals surface area contributed by atoms with Crippen molar-refractivity contribution in [3.63, 3.8) is 0 Å². The molecule has 86 valence electrons. The van der Waals surface area contributed by atoms with Crippen LogP contribution < -0.4 is 9.47 Å². The van der Waals surface area contributed by atoms with E-state index in [4.69, 9.17) is 14.7 Å². The van der Waals surface area contributed by atoms with Crippen LogP contribution in [-0.2, 0) is 5.33 Å². The lowest BCUT2D eigenvalue weighted by Crippen LogP contribution is -1.99. The van der Waals surface area contributed by atoms with Crippen LogP contribution in [0, 0.1) is 11.3 Å². The van der Waals surface area contributed by atoms with Gasteiger partial charge in [-0.25, -0.2) is 0 Å². The van der Waals surface area contributed by atoms with Gasteiger partial charge in [0, 0.05) is 17.0 Å². The number of alkyl halides is 1. The minimum atomic E-state index is 0.0528. The Bertz CT molecular complexity index is 374. The summed E-state index contributed by atoms with van der Waals surface area (Å²) in [4.78, 5) is 0. The summed E-state index contributed by atoms with van der Waals surface area (Å²) in [6.45, 7) is 2.79. The minimum Gasteiger partial charge on any atom is -0.493 e. The van der Waals surface area contributed by atoms with Gasteiger partial charge in [-0.3, -0.25) is 0 Å². The van der Waals surface area contributed by atoms with Crippen LogP contribution in [0.4, 0.5) is 0 Å². The number of benzene rings is 1. The molecule has 1 aromatic carbocycles. The summed E-state index contributed by atoms with van der Waals surface area (Å²) in [5.74, 6) is 1.48. The van der Waals surface area contributed by atoms with Crippen molar-refractivity contribution in [2.75, 3.05) is 13.2 Å². The number of nitrogens with zero attached hydrogens (tertiary/aromatic N) is 1. The van der Waals surface area contributed by atoms with Crippen LogP contribution in [0.25, 0.3) is 0 Å². The van der Waals surface area contributed by atoms with Crippen LogP contribution in [0.5, 0.6) is 11.5 Å². The predicted octanol–water partition coefficient (Wildman–Crippen LogP) is 3.27. The molecule has 0 saturated carbocycles. The van der Waals surface area contributed by atoms with Gasteiger partial charge in [0.2, 0.25) is 0 Å². The van der Waals surface area contributed by atoms with Gasteiger partial charge in [-0.15, -0.1) is 0 Å². The summed E-state index contributed by atoms with van der Waals surface area (Å²) in [6, 6.07) is 7.62. The first kappa shape index (κ1) is 12.9. The van der Waals surface area contributed by atoms with Crippen molar-refractivity contribution >= 4 is 15.9 Å². The highest BCUT2D eigenvalue weighted by molar-refractivity contribution is 9.08. The molecular weight excluding hydrogens is 270 g/mol. The van der Waals surface area contributed by atoms with Gasteiger partial charge < -0.3 is 9.47 Å². The highest BCUT2D eigenvalue weighted by atomic mass is 79.9. The zero-order chi connectivity index (χ0) is 11.8. The molecule has 3 nitrogen and oxygen atoms in total. The van der Waals surface area contributed by atoms with Crippen LogP contribution >= 0.6 is 15.9 Å². The van der Waals surface area contributed by atoms with E-state index in [0.717, 1.165) is 17.7 Å². The molecule has 0 unspecified atom stereocenters. The maximum absolute atomic E-state index is 8.48. The Morgan fingerprint density at radius 3 is 2.81 bits per heavy atom. The third-order valence-electron chi connectivity index (χ3n) is 1.95. The first-order chi connectivity index (χ1) is 7.81. The van der Waals surface area contributed by atoms with Gasteiger partial charge in [-0.2, -0.15) is 5.26 Å². The predicted molar refractivity (Wildman–Crippen MR) is 66.0 cm³/mol.